The van der Waals surface area contributed by atoms with Crippen molar-refractivity contribution in [2.75, 3.05) is 24.7 Å². The lowest BCUT2D eigenvalue weighted by atomic mass is 10.2. The molecule has 0 bridgehead atoms. The van der Waals surface area contributed by atoms with Crippen LogP contribution in [0.2, 0.25) is 0 Å². The summed E-state index contributed by atoms with van der Waals surface area (Å²) in [5.74, 6) is -0.452. The summed E-state index contributed by atoms with van der Waals surface area (Å²) < 4.78 is 10.5. The molecule has 100 valence electrons. The van der Waals surface area contributed by atoms with Gasteiger partial charge in [-0.15, -0.1) is 0 Å². The molecule has 18 heavy (non-hydrogen) atoms. The van der Waals surface area contributed by atoms with Crippen LogP contribution in [0.3, 0.4) is 0 Å². The Hall–Kier alpha value is -1.75. The second kappa shape index (κ2) is 5.73. The fourth-order valence-corrected chi connectivity index (χ4v) is 1.36. The number of ether oxygens (including phenoxy) is 2. The molecule has 0 aliphatic carbocycles. The zero-order valence-corrected chi connectivity index (χ0v) is 11.0. The van der Waals surface area contributed by atoms with E-state index in [4.69, 9.17) is 20.9 Å². The van der Waals surface area contributed by atoms with Gasteiger partial charge in [-0.25, -0.2) is 4.79 Å². The number of nitrogen functional groups attached to an aromatic ring is 2. The molecule has 0 aliphatic heterocycles. The average Bonchev–Trinajstić information content (AvgIpc) is 2.21. The summed E-state index contributed by atoms with van der Waals surface area (Å²) in [6.45, 7) is 6.37. The van der Waals surface area contributed by atoms with Crippen LogP contribution in [0, 0.1) is 0 Å². The monoisotopic (exact) mass is 252 g/mol. The first-order valence-corrected chi connectivity index (χ1v) is 5.75. The highest BCUT2D eigenvalue weighted by molar-refractivity contribution is 5.91. The second-order valence-electron chi connectivity index (χ2n) is 4.99. The second-order valence-corrected chi connectivity index (χ2v) is 4.99. The highest BCUT2D eigenvalue weighted by Gasteiger charge is 2.12. The normalized spacial score (nSPS) is 11.3. The molecule has 4 N–H and O–H groups in total. The molecule has 0 heterocycles. The molecule has 0 aliphatic rings. The highest BCUT2D eigenvalue weighted by atomic mass is 16.6. The molecule has 5 heteroatoms. The van der Waals surface area contributed by atoms with E-state index >= 15 is 0 Å². The van der Waals surface area contributed by atoms with Gasteiger partial charge in [0.2, 0.25) is 0 Å². The van der Waals surface area contributed by atoms with Crippen LogP contribution in [0.15, 0.2) is 18.2 Å². The van der Waals surface area contributed by atoms with E-state index in [1.54, 1.807) is 6.07 Å². The van der Waals surface area contributed by atoms with Gasteiger partial charge in [0.15, 0.2) is 0 Å². The van der Waals surface area contributed by atoms with E-state index in [0.717, 1.165) is 0 Å². The van der Waals surface area contributed by atoms with Crippen LogP contribution in [0.1, 0.15) is 31.1 Å². The van der Waals surface area contributed by atoms with Gasteiger partial charge in [0.25, 0.3) is 0 Å². The molecule has 5 nitrogen and oxygen atoms in total. The molecule has 0 radical (unpaired) electrons. The van der Waals surface area contributed by atoms with Gasteiger partial charge in [0.05, 0.1) is 17.8 Å². The maximum Gasteiger partial charge on any atom is 0.338 e. The lowest BCUT2D eigenvalue weighted by Crippen LogP contribution is -2.22. The molecule has 0 spiro atoms. The summed E-state index contributed by atoms with van der Waals surface area (Å²) in [6.07, 6.45) is 0. The van der Waals surface area contributed by atoms with Crippen molar-refractivity contribution in [1.82, 2.24) is 0 Å². The Morgan fingerprint density at radius 3 is 2.17 bits per heavy atom. The zero-order chi connectivity index (χ0) is 13.8. The Bertz CT molecular complexity index is 404. The predicted molar refractivity (Wildman–Crippen MR) is 71.3 cm³/mol. The SMILES string of the molecule is CC(C)(C)OCCOC(=O)c1cc(N)cc(N)c1. The topological polar surface area (TPSA) is 87.6 Å². The van der Waals surface area contributed by atoms with E-state index < -0.39 is 5.97 Å². The van der Waals surface area contributed by atoms with Crippen molar-refractivity contribution in [1.29, 1.82) is 0 Å². The van der Waals surface area contributed by atoms with Crippen molar-refractivity contribution in [2.24, 2.45) is 0 Å². The summed E-state index contributed by atoms with van der Waals surface area (Å²) in [5.41, 5.74) is 12.2. The summed E-state index contributed by atoms with van der Waals surface area (Å²) in [6, 6.07) is 4.64. The van der Waals surface area contributed by atoms with Gasteiger partial charge >= 0.3 is 5.97 Å². The number of hydrogen-bond acceptors (Lipinski definition) is 5. The Morgan fingerprint density at radius 1 is 1.11 bits per heavy atom. The van der Waals surface area contributed by atoms with Crippen molar-refractivity contribution in [3.8, 4) is 0 Å². The zero-order valence-electron chi connectivity index (χ0n) is 11.0. The van der Waals surface area contributed by atoms with Gasteiger partial charge in [-0.3, -0.25) is 0 Å². The molecule has 0 fully saturated rings. The quantitative estimate of drug-likeness (QED) is 0.485. The molecule has 0 amide bonds. The fraction of sp³-hybridized carbons (Fsp3) is 0.462. The van der Waals surface area contributed by atoms with Crippen LogP contribution < -0.4 is 11.5 Å². The summed E-state index contributed by atoms with van der Waals surface area (Å²) in [4.78, 5) is 11.7. The van der Waals surface area contributed by atoms with Crippen molar-refractivity contribution in [3.63, 3.8) is 0 Å². The number of esters is 1. The van der Waals surface area contributed by atoms with Crippen LogP contribution in [0.5, 0.6) is 0 Å². The number of benzene rings is 1. The third kappa shape index (κ3) is 5.05. The lowest BCUT2D eigenvalue weighted by Gasteiger charge is -2.19. The highest BCUT2D eigenvalue weighted by Crippen LogP contribution is 2.14. The van der Waals surface area contributed by atoms with Gasteiger partial charge in [0.1, 0.15) is 6.61 Å². The summed E-state index contributed by atoms with van der Waals surface area (Å²) in [5, 5.41) is 0. The molecule has 1 rings (SSSR count). The van der Waals surface area contributed by atoms with Crippen molar-refractivity contribution in [2.45, 2.75) is 26.4 Å². The molecule has 1 aromatic rings. The van der Waals surface area contributed by atoms with Gasteiger partial charge < -0.3 is 20.9 Å². The third-order valence-electron chi connectivity index (χ3n) is 2.06. The number of carbonyl (C=O) groups excluding carboxylic acids is 1. The smallest absolute Gasteiger partial charge is 0.338 e. The molecule has 0 aromatic heterocycles. The first-order chi connectivity index (χ1) is 8.28. The van der Waals surface area contributed by atoms with Crippen LogP contribution in [-0.4, -0.2) is 24.8 Å². The minimum atomic E-state index is -0.452. The minimum absolute atomic E-state index is 0.199. The minimum Gasteiger partial charge on any atom is -0.460 e. The Kier molecular flexibility index (Phi) is 4.55. The number of hydrogen-bond donors (Lipinski definition) is 2. The van der Waals surface area contributed by atoms with E-state index in [1.807, 2.05) is 20.8 Å². The van der Waals surface area contributed by atoms with Crippen molar-refractivity contribution >= 4 is 17.3 Å². The Morgan fingerprint density at radius 2 is 1.67 bits per heavy atom. The van der Waals surface area contributed by atoms with Gasteiger partial charge in [0, 0.05) is 11.4 Å². The first-order valence-electron chi connectivity index (χ1n) is 5.75. The summed E-state index contributed by atoms with van der Waals surface area (Å²) in [7, 11) is 0. The van der Waals surface area contributed by atoms with Crippen LogP contribution in [-0.2, 0) is 9.47 Å². The van der Waals surface area contributed by atoms with Crippen molar-refractivity contribution < 1.29 is 14.3 Å². The lowest BCUT2D eigenvalue weighted by molar-refractivity contribution is -0.0281. The average molecular weight is 252 g/mol. The number of rotatable bonds is 4. The number of nitrogens with two attached hydrogens (primary N) is 2. The van der Waals surface area contributed by atoms with E-state index in [9.17, 15) is 4.79 Å². The molecule has 0 atom stereocenters. The van der Waals surface area contributed by atoms with Crippen LogP contribution in [0.25, 0.3) is 0 Å². The molecule has 1 aromatic carbocycles. The number of carbonyl (C=O) groups is 1. The van der Waals surface area contributed by atoms with Gasteiger partial charge in [-0.1, -0.05) is 0 Å². The molecular formula is C13H20N2O3. The van der Waals surface area contributed by atoms with E-state index in [1.165, 1.54) is 12.1 Å². The van der Waals surface area contributed by atoms with E-state index in [2.05, 4.69) is 0 Å². The van der Waals surface area contributed by atoms with Crippen LogP contribution >= 0.6 is 0 Å². The van der Waals surface area contributed by atoms with Crippen LogP contribution in [0.4, 0.5) is 11.4 Å². The Balaban J connectivity index is 2.46. The third-order valence-corrected chi connectivity index (χ3v) is 2.06. The largest absolute Gasteiger partial charge is 0.460 e. The first kappa shape index (κ1) is 14.3. The maximum absolute atomic E-state index is 11.7. The summed E-state index contributed by atoms with van der Waals surface area (Å²) >= 11 is 0. The van der Waals surface area contributed by atoms with Crippen molar-refractivity contribution in [3.05, 3.63) is 23.8 Å². The van der Waals surface area contributed by atoms with E-state index in [0.29, 0.717) is 23.5 Å². The Labute approximate surface area is 107 Å². The predicted octanol–water partition coefficient (Wildman–Crippen LogP) is 1.82. The molecular weight excluding hydrogens is 232 g/mol. The molecule has 0 saturated heterocycles. The van der Waals surface area contributed by atoms with E-state index in [-0.39, 0.29) is 12.2 Å². The fourth-order valence-electron chi connectivity index (χ4n) is 1.36. The molecule has 0 saturated carbocycles. The number of anilines is 2. The maximum atomic E-state index is 11.7. The van der Waals surface area contributed by atoms with Gasteiger partial charge in [-0.2, -0.15) is 0 Å². The molecule has 0 unspecified atom stereocenters. The standard InChI is InChI=1S/C13H20N2O3/c1-13(2,3)18-5-4-17-12(16)9-6-10(14)8-11(15)7-9/h6-8H,4-5,14-15H2,1-3H3. The van der Waals surface area contributed by atoms with Gasteiger partial charge in [-0.05, 0) is 39.0 Å².